The Morgan fingerprint density at radius 1 is 1.12 bits per heavy atom. The molecule has 0 radical (unpaired) electrons. The van der Waals surface area contributed by atoms with Gasteiger partial charge in [0.15, 0.2) is 5.92 Å². The van der Waals surface area contributed by atoms with Crippen molar-refractivity contribution in [3.63, 3.8) is 0 Å². The summed E-state index contributed by atoms with van der Waals surface area (Å²) in [5, 5.41) is 0. The van der Waals surface area contributed by atoms with E-state index in [-0.39, 0.29) is 19.6 Å². The predicted molar refractivity (Wildman–Crippen MR) is 56.7 cm³/mol. The molecule has 5 heteroatoms. The number of rotatable bonds is 8. The van der Waals surface area contributed by atoms with Gasteiger partial charge in [0.2, 0.25) is 0 Å². The van der Waals surface area contributed by atoms with Crippen LogP contribution in [0.2, 0.25) is 0 Å². The van der Waals surface area contributed by atoms with Crippen LogP contribution in [0.15, 0.2) is 0 Å². The zero-order chi connectivity index (χ0) is 12.4. The van der Waals surface area contributed by atoms with Crippen LogP contribution >= 0.6 is 0 Å². The highest BCUT2D eigenvalue weighted by atomic mass is 16.6. The monoisotopic (exact) mass is 230 g/mol. The highest BCUT2D eigenvalue weighted by Crippen LogP contribution is 2.12. The minimum absolute atomic E-state index is 0.225. The Balaban J connectivity index is 4.30. The average molecular weight is 230 g/mol. The van der Waals surface area contributed by atoms with Crippen molar-refractivity contribution in [3.05, 3.63) is 0 Å². The van der Waals surface area contributed by atoms with Crippen molar-refractivity contribution >= 4 is 18.2 Å². The average Bonchev–Trinajstić information content (AvgIpc) is 2.25. The van der Waals surface area contributed by atoms with Crippen LogP contribution in [-0.2, 0) is 23.9 Å². The van der Waals surface area contributed by atoms with Gasteiger partial charge in [0.25, 0.3) is 0 Å². The van der Waals surface area contributed by atoms with Gasteiger partial charge < -0.3 is 14.3 Å². The smallest absolute Gasteiger partial charge is 0.320 e. The van der Waals surface area contributed by atoms with Crippen LogP contribution < -0.4 is 0 Å². The topological polar surface area (TPSA) is 69.7 Å². The zero-order valence-corrected chi connectivity index (χ0v) is 9.73. The third-order valence-corrected chi connectivity index (χ3v) is 1.96. The second-order valence-electron chi connectivity index (χ2n) is 3.15. The van der Waals surface area contributed by atoms with Crippen molar-refractivity contribution in [1.29, 1.82) is 0 Å². The maximum atomic E-state index is 11.4. The summed E-state index contributed by atoms with van der Waals surface area (Å²) in [6.07, 6.45) is 1.85. The maximum absolute atomic E-state index is 11.4. The summed E-state index contributed by atoms with van der Waals surface area (Å²) in [5.41, 5.74) is 0. The quantitative estimate of drug-likeness (QED) is 0.270. The third kappa shape index (κ3) is 5.48. The largest absolute Gasteiger partial charge is 0.465 e. The van der Waals surface area contributed by atoms with Gasteiger partial charge in [-0.1, -0.05) is 0 Å². The van der Waals surface area contributed by atoms with Gasteiger partial charge >= 0.3 is 11.9 Å². The van der Waals surface area contributed by atoms with Crippen LogP contribution in [0.4, 0.5) is 0 Å². The Morgan fingerprint density at radius 3 is 2.00 bits per heavy atom. The normalized spacial score (nSPS) is 9.94. The number of hydrogen-bond donors (Lipinski definition) is 0. The second kappa shape index (κ2) is 8.88. The van der Waals surface area contributed by atoms with E-state index in [0.29, 0.717) is 12.8 Å². The Hall–Kier alpha value is -1.39. The van der Waals surface area contributed by atoms with Gasteiger partial charge in [-0.05, 0) is 26.7 Å². The molecular weight excluding hydrogens is 212 g/mol. The fourth-order valence-electron chi connectivity index (χ4n) is 1.22. The summed E-state index contributed by atoms with van der Waals surface area (Å²) < 4.78 is 9.55. The molecule has 0 aliphatic carbocycles. The van der Waals surface area contributed by atoms with Gasteiger partial charge in [-0.3, -0.25) is 9.59 Å². The zero-order valence-electron chi connectivity index (χ0n) is 9.73. The highest BCUT2D eigenvalue weighted by molar-refractivity contribution is 5.94. The lowest BCUT2D eigenvalue weighted by Gasteiger charge is -2.13. The lowest BCUT2D eigenvalue weighted by Crippen LogP contribution is -2.28. The number of hydrogen-bond acceptors (Lipinski definition) is 5. The third-order valence-electron chi connectivity index (χ3n) is 1.96. The molecule has 0 rings (SSSR count). The fraction of sp³-hybridized carbons (Fsp3) is 0.727. The molecule has 0 bridgehead atoms. The molecule has 0 N–H and O–H groups in total. The maximum Gasteiger partial charge on any atom is 0.320 e. The Morgan fingerprint density at radius 2 is 1.62 bits per heavy atom. The van der Waals surface area contributed by atoms with Gasteiger partial charge in [0.1, 0.15) is 6.29 Å². The molecule has 0 heterocycles. The van der Waals surface area contributed by atoms with Crippen LogP contribution in [0.3, 0.4) is 0 Å². The van der Waals surface area contributed by atoms with E-state index in [1.54, 1.807) is 13.8 Å². The van der Waals surface area contributed by atoms with E-state index in [1.165, 1.54) is 0 Å². The van der Waals surface area contributed by atoms with Crippen LogP contribution in [0.1, 0.15) is 33.1 Å². The van der Waals surface area contributed by atoms with Crippen LogP contribution in [-0.4, -0.2) is 31.4 Å². The van der Waals surface area contributed by atoms with Crippen molar-refractivity contribution < 1.29 is 23.9 Å². The van der Waals surface area contributed by atoms with E-state index >= 15 is 0 Å². The molecule has 5 nitrogen and oxygen atoms in total. The van der Waals surface area contributed by atoms with Crippen molar-refractivity contribution in [2.45, 2.75) is 33.1 Å². The lowest BCUT2D eigenvalue weighted by molar-refractivity contribution is -0.162. The van der Waals surface area contributed by atoms with E-state index in [2.05, 4.69) is 0 Å². The van der Waals surface area contributed by atoms with Gasteiger partial charge in [-0.2, -0.15) is 0 Å². The fourth-order valence-corrected chi connectivity index (χ4v) is 1.22. The molecule has 0 unspecified atom stereocenters. The Bertz CT molecular complexity index is 219. The molecule has 0 aromatic rings. The van der Waals surface area contributed by atoms with Crippen LogP contribution in [0.5, 0.6) is 0 Å². The summed E-state index contributed by atoms with van der Waals surface area (Å²) in [6.45, 7) is 3.79. The van der Waals surface area contributed by atoms with Crippen molar-refractivity contribution in [2.24, 2.45) is 5.92 Å². The van der Waals surface area contributed by atoms with E-state index in [4.69, 9.17) is 9.47 Å². The summed E-state index contributed by atoms with van der Waals surface area (Å²) in [4.78, 5) is 33.0. The van der Waals surface area contributed by atoms with E-state index in [1.807, 2.05) is 0 Å². The molecular formula is C11H18O5. The molecule has 16 heavy (non-hydrogen) atoms. The molecule has 0 saturated carbocycles. The second-order valence-corrected chi connectivity index (χ2v) is 3.15. The Kier molecular flexibility index (Phi) is 8.11. The van der Waals surface area contributed by atoms with Crippen molar-refractivity contribution in [1.82, 2.24) is 0 Å². The molecule has 0 fully saturated rings. The number of carbonyl (C=O) groups excluding carboxylic acids is 3. The first-order valence-corrected chi connectivity index (χ1v) is 5.44. The predicted octanol–water partition coefficient (Wildman–Crippen LogP) is 1.10. The lowest BCUT2D eigenvalue weighted by atomic mass is 10.0. The number of unbranched alkanes of at least 4 members (excludes halogenated alkanes) is 1. The molecule has 0 aliphatic heterocycles. The van der Waals surface area contributed by atoms with Crippen LogP contribution in [0, 0.1) is 5.92 Å². The first-order valence-electron chi connectivity index (χ1n) is 5.44. The molecule has 0 atom stereocenters. The van der Waals surface area contributed by atoms with E-state index in [0.717, 1.165) is 6.29 Å². The molecule has 0 aliphatic rings. The number of aldehydes is 1. The van der Waals surface area contributed by atoms with Crippen molar-refractivity contribution in [2.75, 3.05) is 13.2 Å². The molecule has 0 saturated heterocycles. The van der Waals surface area contributed by atoms with Crippen LogP contribution in [0.25, 0.3) is 0 Å². The van der Waals surface area contributed by atoms with Gasteiger partial charge in [0, 0.05) is 6.42 Å². The van der Waals surface area contributed by atoms with E-state index in [9.17, 15) is 14.4 Å². The van der Waals surface area contributed by atoms with Gasteiger partial charge in [0.05, 0.1) is 13.2 Å². The summed E-state index contributed by atoms with van der Waals surface area (Å²) in [7, 11) is 0. The number of ether oxygens (including phenoxy) is 2. The van der Waals surface area contributed by atoms with E-state index < -0.39 is 17.9 Å². The molecule has 0 aromatic carbocycles. The number of esters is 2. The first-order chi connectivity index (χ1) is 7.67. The Labute approximate surface area is 95.1 Å². The first kappa shape index (κ1) is 14.6. The standard InChI is InChI=1S/C11H18O5/c1-3-15-10(13)9(7-5-6-8-12)11(14)16-4-2/h8-9H,3-7H2,1-2H3. The molecule has 0 aromatic heterocycles. The minimum Gasteiger partial charge on any atom is -0.465 e. The van der Waals surface area contributed by atoms with Gasteiger partial charge in [-0.15, -0.1) is 0 Å². The summed E-state index contributed by atoms with van der Waals surface area (Å²) >= 11 is 0. The summed E-state index contributed by atoms with van der Waals surface area (Å²) in [6, 6.07) is 0. The minimum atomic E-state index is -0.903. The van der Waals surface area contributed by atoms with Gasteiger partial charge in [-0.25, -0.2) is 0 Å². The summed E-state index contributed by atoms with van der Waals surface area (Å²) in [5.74, 6) is -2.06. The highest BCUT2D eigenvalue weighted by Gasteiger charge is 2.28. The molecule has 0 amide bonds. The SMILES string of the molecule is CCOC(=O)C(CCCC=O)C(=O)OCC. The molecule has 0 spiro atoms. The van der Waals surface area contributed by atoms with Crippen molar-refractivity contribution in [3.8, 4) is 0 Å². The number of carbonyl (C=O) groups is 3. The molecule has 92 valence electrons.